The van der Waals surface area contributed by atoms with Crippen LogP contribution in [0.3, 0.4) is 0 Å². The Morgan fingerprint density at radius 3 is 2.55 bits per heavy atom. The molecular weight excluding hydrogens is 263 g/mol. The van der Waals surface area contributed by atoms with Gasteiger partial charge < -0.3 is 10.4 Å². The van der Waals surface area contributed by atoms with E-state index in [1.807, 2.05) is 12.2 Å². The van der Waals surface area contributed by atoms with Crippen molar-refractivity contribution >= 4 is 17.6 Å². The average Bonchev–Trinajstić information content (AvgIpc) is 3.01. The molecule has 2 bridgehead atoms. The fourth-order valence-corrected chi connectivity index (χ4v) is 3.19. The second kappa shape index (κ2) is 4.70. The number of carboxylic acids is 1. The summed E-state index contributed by atoms with van der Waals surface area (Å²) in [7, 11) is 0. The standard InChI is InChI=1S/C14H13FN2O3/c15-10-4-3-9(6-16-10)17-13(18)11-7-1-2-8(5-7)12(11)14(19)20/h1-4,6-8,11-12H,5H2,(H,17,18)(H,19,20). The molecule has 6 heteroatoms. The number of carboxylic acid groups (broad SMARTS) is 1. The monoisotopic (exact) mass is 276 g/mol. The Morgan fingerprint density at radius 2 is 1.95 bits per heavy atom. The first-order valence-electron chi connectivity index (χ1n) is 6.40. The van der Waals surface area contributed by atoms with Crippen LogP contribution in [-0.2, 0) is 9.59 Å². The van der Waals surface area contributed by atoms with Crippen LogP contribution in [0.1, 0.15) is 6.42 Å². The molecule has 0 saturated heterocycles. The van der Waals surface area contributed by atoms with Crippen LogP contribution >= 0.6 is 0 Å². The van der Waals surface area contributed by atoms with Gasteiger partial charge in [0, 0.05) is 0 Å². The van der Waals surface area contributed by atoms with E-state index in [1.165, 1.54) is 12.3 Å². The van der Waals surface area contributed by atoms with Crippen molar-refractivity contribution in [3.63, 3.8) is 0 Å². The summed E-state index contributed by atoms with van der Waals surface area (Å²) in [4.78, 5) is 27.1. The van der Waals surface area contributed by atoms with E-state index < -0.39 is 23.8 Å². The lowest BCUT2D eigenvalue weighted by Gasteiger charge is -2.23. The largest absolute Gasteiger partial charge is 0.481 e. The molecule has 104 valence electrons. The molecule has 0 aromatic carbocycles. The van der Waals surface area contributed by atoms with Crippen LogP contribution in [0.5, 0.6) is 0 Å². The Balaban J connectivity index is 1.78. The summed E-state index contributed by atoms with van der Waals surface area (Å²) in [6.45, 7) is 0. The van der Waals surface area contributed by atoms with Crippen molar-refractivity contribution in [1.29, 1.82) is 0 Å². The molecule has 2 aliphatic carbocycles. The van der Waals surface area contributed by atoms with Gasteiger partial charge in [0.15, 0.2) is 0 Å². The Labute approximate surface area is 114 Å². The SMILES string of the molecule is O=C(O)C1C2C=CC(C2)C1C(=O)Nc1ccc(F)nc1. The molecule has 0 radical (unpaired) electrons. The van der Waals surface area contributed by atoms with Crippen molar-refractivity contribution in [3.8, 4) is 0 Å². The van der Waals surface area contributed by atoms with Crippen LogP contribution in [0.25, 0.3) is 0 Å². The van der Waals surface area contributed by atoms with Crippen molar-refractivity contribution in [2.75, 3.05) is 5.32 Å². The summed E-state index contributed by atoms with van der Waals surface area (Å²) in [6, 6.07) is 2.55. The van der Waals surface area contributed by atoms with E-state index in [2.05, 4.69) is 10.3 Å². The van der Waals surface area contributed by atoms with Crippen LogP contribution in [-0.4, -0.2) is 22.0 Å². The molecule has 0 spiro atoms. The second-order valence-electron chi connectivity index (χ2n) is 5.20. The zero-order chi connectivity index (χ0) is 14.3. The number of carbonyl (C=O) groups is 2. The quantitative estimate of drug-likeness (QED) is 0.650. The molecular formula is C14H13FN2O3. The topological polar surface area (TPSA) is 79.3 Å². The van der Waals surface area contributed by atoms with Gasteiger partial charge in [-0.2, -0.15) is 4.39 Å². The highest BCUT2D eigenvalue weighted by molar-refractivity contribution is 5.96. The van der Waals surface area contributed by atoms with Crippen LogP contribution < -0.4 is 5.32 Å². The lowest BCUT2D eigenvalue weighted by atomic mass is 9.82. The number of fused-ring (bicyclic) bond motifs is 2. The molecule has 4 atom stereocenters. The van der Waals surface area contributed by atoms with Gasteiger partial charge in [-0.05, 0) is 30.4 Å². The van der Waals surface area contributed by atoms with Crippen molar-refractivity contribution in [3.05, 3.63) is 36.4 Å². The highest BCUT2D eigenvalue weighted by Crippen LogP contribution is 2.48. The highest BCUT2D eigenvalue weighted by Gasteiger charge is 2.51. The number of hydrogen-bond donors (Lipinski definition) is 2. The molecule has 5 nitrogen and oxygen atoms in total. The summed E-state index contributed by atoms with van der Waals surface area (Å²) < 4.78 is 12.7. The lowest BCUT2D eigenvalue weighted by molar-refractivity contribution is -0.146. The predicted molar refractivity (Wildman–Crippen MR) is 68.2 cm³/mol. The van der Waals surface area contributed by atoms with Gasteiger partial charge in [0.25, 0.3) is 0 Å². The first kappa shape index (κ1) is 12.8. The maximum Gasteiger partial charge on any atom is 0.307 e. The van der Waals surface area contributed by atoms with Crippen molar-refractivity contribution < 1.29 is 19.1 Å². The fourth-order valence-electron chi connectivity index (χ4n) is 3.19. The number of amides is 1. The van der Waals surface area contributed by atoms with E-state index in [0.717, 1.165) is 6.07 Å². The third-order valence-corrected chi connectivity index (χ3v) is 4.04. The summed E-state index contributed by atoms with van der Waals surface area (Å²) in [6.07, 6.45) is 5.72. The summed E-state index contributed by atoms with van der Waals surface area (Å²) >= 11 is 0. The minimum absolute atomic E-state index is 0.0329. The first-order chi connectivity index (χ1) is 9.56. The average molecular weight is 276 g/mol. The number of halogens is 1. The fraction of sp³-hybridized carbons (Fsp3) is 0.357. The molecule has 1 aromatic rings. The van der Waals surface area contributed by atoms with Gasteiger partial charge in [0.2, 0.25) is 11.9 Å². The minimum Gasteiger partial charge on any atom is -0.481 e. The maximum absolute atomic E-state index is 12.7. The van der Waals surface area contributed by atoms with E-state index in [9.17, 15) is 19.1 Å². The number of aliphatic carboxylic acids is 1. The smallest absolute Gasteiger partial charge is 0.307 e. The van der Waals surface area contributed by atoms with Crippen molar-refractivity contribution in [1.82, 2.24) is 4.98 Å². The number of hydrogen-bond acceptors (Lipinski definition) is 3. The number of nitrogens with one attached hydrogen (secondary N) is 1. The third-order valence-electron chi connectivity index (χ3n) is 4.04. The zero-order valence-corrected chi connectivity index (χ0v) is 10.5. The Hall–Kier alpha value is -2.24. The molecule has 1 aromatic heterocycles. The molecule has 20 heavy (non-hydrogen) atoms. The molecule has 2 N–H and O–H groups in total. The van der Waals surface area contributed by atoms with Gasteiger partial charge >= 0.3 is 5.97 Å². The van der Waals surface area contributed by atoms with Crippen LogP contribution in [0, 0.1) is 29.6 Å². The number of anilines is 1. The van der Waals surface area contributed by atoms with Gasteiger partial charge in [-0.25, -0.2) is 4.98 Å². The zero-order valence-electron chi connectivity index (χ0n) is 10.5. The molecule has 1 fully saturated rings. The third kappa shape index (κ3) is 2.07. The molecule has 0 aliphatic heterocycles. The van der Waals surface area contributed by atoms with Crippen molar-refractivity contribution in [2.24, 2.45) is 23.7 Å². The number of nitrogens with zero attached hydrogens (tertiary/aromatic N) is 1. The minimum atomic E-state index is -0.945. The van der Waals surface area contributed by atoms with Crippen LogP contribution in [0.4, 0.5) is 10.1 Å². The predicted octanol–water partition coefficient (Wildman–Crippen LogP) is 1.68. The van der Waals surface area contributed by atoms with E-state index in [4.69, 9.17) is 0 Å². The summed E-state index contributed by atoms with van der Waals surface area (Å²) in [5.41, 5.74) is 0.368. The Kier molecular flexibility index (Phi) is 3.00. The Bertz CT molecular complexity index is 585. The van der Waals surface area contributed by atoms with Gasteiger partial charge in [0.1, 0.15) is 0 Å². The van der Waals surface area contributed by atoms with E-state index >= 15 is 0 Å². The molecule has 2 aliphatic rings. The van der Waals surface area contributed by atoms with Gasteiger partial charge in [-0.15, -0.1) is 0 Å². The van der Waals surface area contributed by atoms with E-state index in [1.54, 1.807) is 0 Å². The highest BCUT2D eigenvalue weighted by atomic mass is 19.1. The number of pyridine rings is 1. The molecule has 4 unspecified atom stereocenters. The van der Waals surface area contributed by atoms with Crippen molar-refractivity contribution in [2.45, 2.75) is 6.42 Å². The number of carbonyl (C=O) groups excluding carboxylic acids is 1. The number of allylic oxidation sites excluding steroid dienone is 2. The van der Waals surface area contributed by atoms with Gasteiger partial charge in [-0.3, -0.25) is 9.59 Å². The van der Waals surface area contributed by atoms with E-state index in [0.29, 0.717) is 12.1 Å². The lowest BCUT2D eigenvalue weighted by Crippen LogP contribution is -2.36. The Morgan fingerprint density at radius 1 is 1.25 bits per heavy atom. The normalized spacial score (nSPS) is 30.4. The number of aromatic nitrogens is 1. The maximum atomic E-state index is 12.7. The molecule has 1 heterocycles. The second-order valence-corrected chi connectivity index (χ2v) is 5.20. The van der Waals surface area contributed by atoms with Gasteiger partial charge in [-0.1, -0.05) is 12.2 Å². The van der Waals surface area contributed by atoms with E-state index in [-0.39, 0.29) is 17.7 Å². The van der Waals surface area contributed by atoms with Crippen LogP contribution in [0.15, 0.2) is 30.5 Å². The number of rotatable bonds is 3. The molecule has 1 amide bonds. The summed E-state index contributed by atoms with van der Waals surface area (Å²) in [5.74, 6) is -3.28. The molecule has 3 rings (SSSR count). The molecule has 1 saturated carbocycles. The first-order valence-corrected chi connectivity index (χ1v) is 6.40. The van der Waals surface area contributed by atoms with Crippen LogP contribution in [0.2, 0.25) is 0 Å². The van der Waals surface area contributed by atoms with Gasteiger partial charge in [0.05, 0.1) is 23.7 Å². The summed E-state index contributed by atoms with van der Waals surface area (Å²) in [5, 5.41) is 11.9.